The number of para-hydroxylation sites is 1. The minimum Gasteiger partial charge on any atom is -0.454 e. The summed E-state index contributed by atoms with van der Waals surface area (Å²) in [5.41, 5.74) is 3.16. The zero-order chi connectivity index (χ0) is 20.7. The van der Waals surface area contributed by atoms with Crippen LogP contribution < -0.4 is 14.4 Å². The number of fused-ring (bicyclic) bond motifs is 2. The quantitative estimate of drug-likeness (QED) is 0.583. The van der Waals surface area contributed by atoms with Gasteiger partial charge in [-0.1, -0.05) is 30.0 Å². The third-order valence-corrected chi connectivity index (χ3v) is 6.42. The fraction of sp³-hybridized carbons (Fsp3) is 0.318. The maximum absolute atomic E-state index is 13.0. The van der Waals surface area contributed by atoms with E-state index in [4.69, 9.17) is 9.47 Å². The van der Waals surface area contributed by atoms with Crippen molar-refractivity contribution in [3.8, 4) is 22.9 Å². The van der Waals surface area contributed by atoms with Crippen molar-refractivity contribution in [3.63, 3.8) is 0 Å². The summed E-state index contributed by atoms with van der Waals surface area (Å²) in [7, 11) is 0. The summed E-state index contributed by atoms with van der Waals surface area (Å²) < 4.78 is 12.9. The summed E-state index contributed by atoms with van der Waals surface area (Å²) in [6.07, 6.45) is 0.895. The molecule has 1 amide bonds. The molecule has 5 rings (SSSR count). The van der Waals surface area contributed by atoms with E-state index < -0.39 is 0 Å². The highest BCUT2D eigenvalue weighted by atomic mass is 32.2. The number of benzene rings is 2. The predicted molar refractivity (Wildman–Crippen MR) is 115 cm³/mol. The van der Waals surface area contributed by atoms with Gasteiger partial charge in [0.05, 0.1) is 5.75 Å². The van der Waals surface area contributed by atoms with Gasteiger partial charge in [-0.25, -0.2) is 0 Å². The molecule has 0 fully saturated rings. The van der Waals surface area contributed by atoms with E-state index in [9.17, 15) is 4.79 Å². The largest absolute Gasteiger partial charge is 0.454 e. The molecule has 1 unspecified atom stereocenters. The lowest BCUT2D eigenvalue weighted by Crippen LogP contribution is -2.37. The maximum atomic E-state index is 13.0. The Balaban J connectivity index is 1.34. The van der Waals surface area contributed by atoms with Crippen LogP contribution in [0.25, 0.3) is 11.4 Å². The molecule has 2 aliphatic heterocycles. The van der Waals surface area contributed by atoms with Crippen LogP contribution in [0.15, 0.2) is 47.6 Å². The topological polar surface area (TPSA) is 69.5 Å². The Hall–Kier alpha value is -3.00. The summed E-state index contributed by atoms with van der Waals surface area (Å²) in [5.74, 6) is 2.61. The fourth-order valence-electron chi connectivity index (χ4n) is 4.07. The Kier molecular flexibility index (Phi) is 4.86. The molecule has 154 valence electrons. The van der Waals surface area contributed by atoms with Gasteiger partial charge in [0.15, 0.2) is 22.5 Å². The number of hydrogen-bond donors (Lipinski definition) is 0. The molecule has 3 heterocycles. The molecule has 0 bridgehead atoms. The van der Waals surface area contributed by atoms with Crippen LogP contribution in [0, 0.1) is 0 Å². The monoisotopic (exact) mass is 422 g/mol. The van der Waals surface area contributed by atoms with Gasteiger partial charge in [0.25, 0.3) is 0 Å². The lowest BCUT2D eigenvalue weighted by molar-refractivity contribution is -0.116. The third-order valence-electron chi connectivity index (χ3n) is 5.46. The van der Waals surface area contributed by atoms with Crippen molar-refractivity contribution in [2.45, 2.75) is 38.0 Å². The van der Waals surface area contributed by atoms with Gasteiger partial charge in [-0.05, 0) is 50.1 Å². The SMILES string of the molecule is CCn1c(SCC(=O)N2c3ccccc3CC2C)nnc1-c1ccc2c(c1)OCO2. The maximum Gasteiger partial charge on any atom is 0.237 e. The van der Waals surface area contributed by atoms with Crippen LogP contribution in [-0.2, 0) is 17.8 Å². The van der Waals surface area contributed by atoms with Gasteiger partial charge in [0.2, 0.25) is 12.7 Å². The number of thioether (sulfide) groups is 1. The molecule has 8 heteroatoms. The van der Waals surface area contributed by atoms with E-state index in [0.717, 1.165) is 34.4 Å². The van der Waals surface area contributed by atoms with Crippen molar-refractivity contribution >= 4 is 23.4 Å². The number of amides is 1. The average Bonchev–Trinajstić information content (AvgIpc) is 3.46. The normalized spacial score (nSPS) is 16.7. The Morgan fingerprint density at radius 3 is 2.87 bits per heavy atom. The summed E-state index contributed by atoms with van der Waals surface area (Å²) in [6, 6.07) is 14.0. The lowest BCUT2D eigenvalue weighted by atomic mass is 10.1. The smallest absolute Gasteiger partial charge is 0.237 e. The molecular formula is C22H22N4O3S. The first-order valence-electron chi connectivity index (χ1n) is 10.0. The number of aromatic nitrogens is 3. The van der Waals surface area contributed by atoms with Gasteiger partial charge in [-0.15, -0.1) is 10.2 Å². The molecule has 30 heavy (non-hydrogen) atoms. The summed E-state index contributed by atoms with van der Waals surface area (Å²) in [4.78, 5) is 14.9. The van der Waals surface area contributed by atoms with Crippen molar-refractivity contribution in [2.24, 2.45) is 0 Å². The molecule has 3 aromatic rings. The van der Waals surface area contributed by atoms with E-state index in [2.05, 4.69) is 23.2 Å². The summed E-state index contributed by atoms with van der Waals surface area (Å²) in [5, 5.41) is 9.47. The number of hydrogen-bond acceptors (Lipinski definition) is 6. The van der Waals surface area contributed by atoms with Gasteiger partial charge < -0.3 is 18.9 Å². The number of carbonyl (C=O) groups excluding carboxylic acids is 1. The second kappa shape index (κ2) is 7.68. The van der Waals surface area contributed by atoms with E-state index >= 15 is 0 Å². The molecule has 2 aliphatic rings. The van der Waals surface area contributed by atoms with Crippen LogP contribution in [-0.4, -0.2) is 39.3 Å². The first-order valence-corrected chi connectivity index (χ1v) is 11.0. The van der Waals surface area contributed by atoms with Crippen LogP contribution in [0.2, 0.25) is 0 Å². The number of ether oxygens (including phenoxy) is 2. The first kappa shape index (κ1) is 19.0. The minimum absolute atomic E-state index is 0.0905. The van der Waals surface area contributed by atoms with Gasteiger partial charge in [0, 0.05) is 23.8 Å². The van der Waals surface area contributed by atoms with Gasteiger partial charge in [-0.3, -0.25) is 4.79 Å². The average molecular weight is 423 g/mol. The van der Waals surface area contributed by atoms with E-state index in [0.29, 0.717) is 18.0 Å². The van der Waals surface area contributed by atoms with Crippen LogP contribution in [0.3, 0.4) is 0 Å². The molecule has 0 saturated heterocycles. The molecule has 7 nitrogen and oxygen atoms in total. The Morgan fingerprint density at radius 2 is 2.00 bits per heavy atom. The van der Waals surface area contributed by atoms with Crippen LogP contribution in [0.1, 0.15) is 19.4 Å². The molecule has 0 N–H and O–H groups in total. The van der Waals surface area contributed by atoms with Crippen LogP contribution in [0.5, 0.6) is 11.5 Å². The molecule has 1 aromatic heterocycles. The molecule has 2 aromatic carbocycles. The number of anilines is 1. The zero-order valence-electron chi connectivity index (χ0n) is 16.9. The van der Waals surface area contributed by atoms with Crippen molar-refractivity contribution in [2.75, 3.05) is 17.4 Å². The highest BCUT2D eigenvalue weighted by Crippen LogP contribution is 2.36. The highest BCUT2D eigenvalue weighted by Gasteiger charge is 2.30. The summed E-state index contributed by atoms with van der Waals surface area (Å²) >= 11 is 1.43. The van der Waals surface area contributed by atoms with Gasteiger partial charge in [-0.2, -0.15) is 0 Å². The van der Waals surface area contributed by atoms with Crippen molar-refractivity contribution in [3.05, 3.63) is 48.0 Å². The molecule has 0 radical (unpaired) electrons. The molecule has 0 spiro atoms. The first-order chi connectivity index (χ1) is 14.7. The molecular weight excluding hydrogens is 400 g/mol. The van der Waals surface area contributed by atoms with E-state index in [1.807, 2.05) is 52.8 Å². The van der Waals surface area contributed by atoms with E-state index in [1.165, 1.54) is 17.3 Å². The fourth-order valence-corrected chi connectivity index (χ4v) is 4.93. The number of carbonyl (C=O) groups is 1. The van der Waals surface area contributed by atoms with Crippen LogP contribution in [0.4, 0.5) is 5.69 Å². The lowest BCUT2D eigenvalue weighted by Gasteiger charge is -2.22. The van der Waals surface area contributed by atoms with E-state index in [-0.39, 0.29) is 18.7 Å². The Morgan fingerprint density at radius 1 is 1.17 bits per heavy atom. The van der Waals surface area contributed by atoms with Gasteiger partial charge in [0.1, 0.15) is 0 Å². The molecule has 1 atom stereocenters. The molecule has 0 saturated carbocycles. The third kappa shape index (κ3) is 3.21. The Bertz CT molecular complexity index is 1110. The van der Waals surface area contributed by atoms with Crippen molar-refractivity contribution < 1.29 is 14.3 Å². The van der Waals surface area contributed by atoms with E-state index in [1.54, 1.807) is 0 Å². The summed E-state index contributed by atoms with van der Waals surface area (Å²) in [6.45, 7) is 5.08. The molecule has 0 aliphatic carbocycles. The minimum atomic E-state index is 0.0905. The Labute approximate surface area is 179 Å². The standard InChI is InChI=1S/C22H22N4O3S/c1-3-25-21(16-8-9-18-19(11-16)29-13-28-18)23-24-22(25)30-12-20(27)26-14(2)10-15-6-4-5-7-17(15)26/h4-9,11,14H,3,10,12-13H2,1-2H3. The second-order valence-corrected chi connectivity index (χ2v) is 8.30. The van der Waals surface area contributed by atoms with Crippen molar-refractivity contribution in [1.82, 2.24) is 14.8 Å². The second-order valence-electron chi connectivity index (χ2n) is 7.35. The predicted octanol–water partition coefficient (Wildman–Crippen LogP) is 3.76. The number of nitrogens with zero attached hydrogens (tertiary/aromatic N) is 4. The number of rotatable bonds is 5. The van der Waals surface area contributed by atoms with Crippen molar-refractivity contribution in [1.29, 1.82) is 0 Å². The highest BCUT2D eigenvalue weighted by molar-refractivity contribution is 7.99. The van der Waals surface area contributed by atoms with Crippen LogP contribution >= 0.6 is 11.8 Å². The van der Waals surface area contributed by atoms with Gasteiger partial charge >= 0.3 is 0 Å². The zero-order valence-corrected chi connectivity index (χ0v) is 17.7.